The number of rotatable bonds is 6. The van der Waals surface area contributed by atoms with Crippen LogP contribution < -0.4 is 10.6 Å². The number of carboxylic acid groups (broad SMARTS) is 1. The molecule has 2 aromatic carbocycles. The van der Waals surface area contributed by atoms with Gasteiger partial charge in [0.1, 0.15) is 5.82 Å². The fourth-order valence-electron chi connectivity index (χ4n) is 3.59. The number of nitrogens with zero attached hydrogens (tertiary/aromatic N) is 1. The Labute approximate surface area is 199 Å². The lowest BCUT2D eigenvalue weighted by Gasteiger charge is -2.31. The number of ketones is 1. The van der Waals surface area contributed by atoms with Crippen molar-refractivity contribution in [2.75, 3.05) is 10.6 Å². The molecule has 7 nitrogen and oxygen atoms in total. The summed E-state index contributed by atoms with van der Waals surface area (Å²) in [4.78, 5) is 40.6. The molecule has 2 amide bonds. The molecule has 1 fully saturated rings. The SMILES string of the molecule is O=C(Nc1ccc(-c2cnc(C(=O)[C@@H]3CC[C@H]3C(=O)O)s2)cc1)Nc1cc(C(F)(F)F)ccc1F. The number of carboxylic acids is 1. The predicted molar refractivity (Wildman–Crippen MR) is 120 cm³/mol. The second-order valence-electron chi connectivity index (χ2n) is 7.87. The van der Waals surface area contributed by atoms with Crippen molar-refractivity contribution in [3.8, 4) is 10.4 Å². The number of halogens is 4. The summed E-state index contributed by atoms with van der Waals surface area (Å²) in [5.74, 6) is -3.56. The summed E-state index contributed by atoms with van der Waals surface area (Å²) in [7, 11) is 0. The maximum Gasteiger partial charge on any atom is 0.416 e. The van der Waals surface area contributed by atoms with Crippen LogP contribution in [0.5, 0.6) is 0 Å². The highest BCUT2D eigenvalue weighted by Gasteiger charge is 2.42. The number of carbonyl (C=O) groups is 3. The van der Waals surface area contributed by atoms with Gasteiger partial charge in [0.05, 0.1) is 22.0 Å². The number of aromatic nitrogens is 1. The van der Waals surface area contributed by atoms with E-state index in [2.05, 4.69) is 15.6 Å². The minimum atomic E-state index is -4.69. The van der Waals surface area contributed by atoms with Crippen LogP contribution >= 0.6 is 11.3 Å². The second-order valence-corrected chi connectivity index (χ2v) is 8.90. The molecule has 35 heavy (non-hydrogen) atoms. The Morgan fingerprint density at radius 2 is 1.69 bits per heavy atom. The van der Waals surface area contributed by atoms with Crippen LogP contribution in [-0.2, 0) is 11.0 Å². The number of carbonyl (C=O) groups excluding carboxylic acids is 2. The van der Waals surface area contributed by atoms with Crippen LogP contribution in [0.3, 0.4) is 0 Å². The van der Waals surface area contributed by atoms with E-state index in [4.69, 9.17) is 5.11 Å². The van der Waals surface area contributed by atoms with Gasteiger partial charge >= 0.3 is 18.2 Å². The van der Waals surface area contributed by atoms with Crippen LogP contribution in [0.25, 0.3) is 10.4 Å². The molecule has 182 valence electrons. The summed E-state index contributed by atoms with van der Waals surface area (Å²) < 4.78 is 52.3. The molecule has 0 aliphatic heterocycles. The number of thiazole rings is 1. The molecule has 3 aromatic rings. The first kappa shape index (κ1) is 24.3. The van der Waals surface area contributed by atoms with E-state index in [0.717, 1.165) is 11.3 Å². The Bertz CT molecular complexity index is 1290. The van der Waals surface area contributed by atoms with Gasteiger partial charge < -0.3 is 15.7 Å². The molecule has 2 atom stereocenters. The third kappa shape index (κ3) is 5.32. The number of hydrogen-bond acceptors (Lipinski definition) is 5. The maximum atomic E-state index is 13.8. The quantitative estimate of drug-likeness (QED) is 0.284. The number of hydrogen-bond donors (Lipinski definition) is 3. The molecule has 1 saturated carbocycles. The maximum absolute atomic E-state index is 13.8. The summed E-state index contributed by atoms with van der Waals surface area (Å²) >= 11 is 1.13. The van der Waals surface area contributed by atoms with Crippen LogP contribution in [-0.4, -0.2) is 27.9 Å². The largest absolute Gasteiger partial charge is 0.481 e. The molecule has 1 heterocycles. The number of benzene rings is 2. The van der Waals surface area contributed by atoms with E-state index in [1.807, 2.05) is 0 Å². The first-order valence-corrected chi connectivity index (χ1v) is 11.1. The van der Waals surface area contributed by atoms with E-state index in [9.17, 15) is 31.9 Å². The van der Waals surface area contributed by atoms with Crippen molar-refractivity contribution < 1.29 is 37.1 Å². The molecule has 12 heteroatoms. The van der Waals surface area contributed by atoms with Crippen LogP contribution in [0.15, 0.2) is 48.7 Å². The van der Waals surface area contributed by atoms with Crippen molar-refractivity contribution in [3.63, 3.8) is 0 Å². The highest BCUT2D eigenvalue weighted by Crippen LogP contribution is 2.38. The molecule has 0 spiro atoms. The van der Waals surface area contributed by atoms with Crippen LogP contribution in [0.1, 0.15) is 28.2 Å². The second kappa shape index (κ2) is 9.45. The molecule has 3 N–H and O–H groups in total. The molecule has 1 aliphatic rings. The number of alkyl halides is 3. The van der Waals surface area contributed by atoms with Crippen molar-refractivity contribution in [1.82, 2.24) is 4.98 Å². The number of Topliss-reactive ketones (excluding diaryl/α,β-unsaturated/α-hetero) is 1. The van der Waals surface area contributed by atoms with Crippen molar-refractivity contribution in [3.05, 3.63) is 65.0 Å². The Balaban J connectivity index is 1.40. The standard InChI is InChI=1S/C23H17F4N3O4S/c24-16-8-3-12(23(25,26)27)9-17(16)30-22(34)29-13-4-1-11(2-5-13)18-10-28-20(35-18)19(31)14-6-7-15(14)21(32)33/h1-5,8-10,14-15H,6-7H2,(H,32,33)(H2,29,30,34)/t14-,15-/m1/s1. The van der Waals surface area contributed by atoms with E-state index in [0.29, 0.717) is 47.2 Å². The van der Waals surface area contributed by atoms with Gasteiger partial charge in [-0.2, -0.15) is 13.2 Å². The lowest BCUT2D eigenvalue weighted by molar-refractivity contribution is -0.146. The van der Waals surface area contributed by atoms with Crippen LogP contribution in [0.4, 0.5) is 33.7 Å². The number of urea groups is 1. The Hall–Kier alpha value is -3.80. The zero-order valence-corrected chi connectivity index (χ0v) is 18.5. The van der Waals surface area contributed by atoms with Gasteiger partial charge in [0.2, 0.25) is 0 Å². The van der Waals surface area contributed by atoms with Crippen LogP contribution in [0, 0.1) is 17.7 Å². The van der Waals surface area contributed by atoms with Gasteiger partial charge in [0.15, 0.2) is 10.8 Å². The minimum absolute atomic E-state index is 0.223. The smallest absolute Gasteiger partial charge is 0.416 e. The lowest BCUT2D eigenvalue weighted by atomic mass is 9.71. The number of nitrogens with one attached hydrogen (secondary N) is 2. The molecule has 1 aliphatic carbocycles. The fourth-order valence-corrected chi connectivity index (χ4v) is 4.51. The zero-order chi connectivity index (χ0) is 25.3. The van der Waals surface area contributed by atoms with Crippen molar-refractivity contribution in [2.45, 2.75) is 19.0 Å². The summed E-state index contributed by atoms with van der Waals surface area (Å²) in [5.41, 5.74) is -0.748. The first-order valence-electron chi connectivity index (χ1n) is 10.3. The molecule has 0 saturated heterocycles. The van der Waals surface area contributed by atoms with Gasteiger partial charge in [-0.1, -0.05) is 12.1 Å². The molecular weight excluding hydrogens is 490 g/mol. The summed E-state index contributed by atoms with van der Waals surface area (Å²) in [6, 6.07) is 7.06. The molecule has 4 rings (SSSR count). The van der Waals surface area contributed by atoms with E-state index in [1.165, 1.54) is 18.3 Å². The summed E-state index contributed by atoms with van der Waals surface area (Å²) in [6.07, 6.45) is -2.21. The molecular formula is C23H17F4N3O4S. The van der Waals surface area contributed by atoms with E-state index >= 15 is 0 Å². The average molecular weight is 507 g/mol. The minimum Gasteiger partial charge on any atom is -0.481 e. The van der Waals surface area contributed by atoms with Crippen molar-refractivity contribution >= 4 is 40.5 Å². The normalized spacial score (nSPS) is 17.4. The van der Waals surface area contributed by atoms with Crippen molar-refractivity contribution in [2.24, 2.45) is 11.8 Å². The van der Waals surface area contributed by atoms with Crippen LogP contribution in [0.2, 0.25) is 0 Å². The highest BCUT2D eigenvalue weighted by atomic mass is 32.1. The number of aliphatic carboxylic acids is 1. The first-order chi connectivity index (χ1) is 16.5. The Morgan fingerprint density at radius 1 is 1.00 bits per heavy atom. The highest BCUT2D eigenvalue weighted by molar-refractivity contribution is 7.17. The van der Waals surface area contributed by atoms with Gasteiger partial charge in [-0.25, -0.2) is 14.2 Å². The third-order valence-corrected chi connectivity index (χ3v) is 6.67. The van der Waals surface area contributed by atoms with Crippen molar-refractivity contribution in [1.29, 1.82) is 0 Å². The summed E-state index contributed by atoms with van der Waals surface area (Å²) in [5, 5.41) is 13.8. The van der Waals surface area contributed by atoms with Gasteiger partial charge in [-0.3, -0.25) is 9.59 Å². The Kier molecular flexibility index (Phi) is 6.57. The fraction of sp³-hybridized carbons (Fsp3) is 0.217. The third-order valence-electron chi connectivity index (χ3n) is 5.61. The van der Waals surface area contributed by atoms with Gasteiger partial charge in [-0.15, -0.1) is 11.3 Å². The van der Waals surface area contributed by atoms with Gasteiger partial charge in [0.25, 0.3) is 0 Å². The molecule has 0 bridgehead atoms. The van der Waals surface area contributed by atoms with Gasteiger partial charge in [0, 0.05) is 17.8 Å². The lowest BCUT2D eigenvalue weighted by Crippen LogP contribution is -2.38. The van der Waals surface area contributed by atoms with E-state index < -0.39 is 47.1 Å². The molecule has 0 radical (unpaired) electrons. The topological polar surface area (TPSA) is 108 Å². The monoisotopic (exact) mass is 507 g/mol. The number of amides is 2. The predicted octanol–water partition coefficient (Wildman–Crippen LogP) is 5.91. The van der Waals surface area contributed by atoms with E-state index in [-0.39, 0.29) is 10.8 Å². The zero-order valence-electron chi connectivity index (χ0n) is 17.7. The number of anilines is 2. The van der Waals surface area contributed by atoms with E-state index in [1.54, 1.807) is 12.1 Å². The summed E-state index contributed by atoms with van der Waals surface area (Å²) in [6.45, 7) is 0. The average Bonchev–Trinajstić information content (AvgIpc) is 3.24. The Morgan fingerprint density at radius 3 is 2.29 bits per heavy atom. The molecule has 0 unspecified atom stereocenters. The molecule has 1 aromatic heterocycles. The van der Waals surface area contributed by atoms with Gasteiger partial charge in [-0.05, 0) is 48.7 Å².